The van der Waals surface area contributed by atoms with Crippen LogP contribution < -0.4 is 0 Å². The fourth-order valence-electron chi connectivity index (χ4n) is 2.89. The van der Waals surface area contributed by atoms with E-state index in [0.29, 0.717) is 17.0 Å². The van der Waals surface area contributed by atoms with Crippen molar-refractivity contribution in [3.8, 4) is 0 Å². The molecule has 102 valence electrons. The highest BCUT2D eigenvalue weighted by Gasteiger charge is 2.52. The number of para-hydroxylation sites is 1. The summed E-state index contributed by atoms with van der Waals surface area (Å²) in [4.78, 5) is 0. The summed E-state index contributed by atoms with van der Waals surface area (Å²) in [6.07, 6.45) is 0. The quantitative estimate of drug-likeness (QED) is 0.671. The standard InChI is InChI=1S/C17H17NO2/c1-12(2)17(19)14-10-6-7-11-15(14)18(20)16(17)13-8-4-3-5-9-13/h3-12,19H,1-2H3. The van der Waals surface area contributed by atoms with E-state index in [1.165, 1.54) is 0 Å². The molecule has 1 heterocycles. The summed E-state index contributed by atoms with van der Waals surface area (Å²) < 4.78 is 0.866. The highest BCUT2D eigenvalue weighted by Crippen LogP contribution is 2.44. The number of nitrogens with zero attached hydrogens (tertiary/aromatic N) is 1. The van der Waals surface area contributed by atoms with Crippen LogP contribution in [0.1, 0.15) is 25.0 Å². The van der Waals surface area contributed by atoms with E-state index < -0.39 is 5.60 Å². The first kappa shape index (κ1) is 12.9. The topological polar surface area (TPSA) is 46.3 Å². The molecule has 1 atom stereocenters. The second-order valence-corrected chi connectivity index (χ2v) is 5.45. The van der Waals surface area contributed by atoms with Crippen LogP contribution in [-0.4, -0.2) is 15.6 Å². The van der Waals surface area contributed by atoms with Crippen molar-refractivity contribution in [3.63, 3.8) is 0 Å². The average Bonchev–Trinajstić information content (AvgIpc) is 2.70. The molecule has 0 aromatic heterocycles. The Morgan fingerprint density at radius 1 is 1.00 bits per heavy atom. The monoisotopic (exact) mass is 267 g/mol. The van der Waals surface area contributed by atoms with Crippen molar-refractivity contribution in [2.75, 3.05) is 0 Å². The molecule has 3 rings (SSSR count). The van der Waals surface area contributed by atoms with Crippen molar-refractivity contribution in [2.45, 2.75) is 19.4 Å². The van der Waals surface area contributed by atoms with Gasteiger partial charge in [-0.15, -0.1) is 0 Å². The van der Waals surface area contributed by atoms with Gasteiger partial charge in [0.15, 0.2) is 5.60 Å². The summed E-state index contributed by atoms with van der Waals surface area (Å²) in [6.45, 7) is 3.86. The highest BCUT2D eigenvalue weighted by atomic mass is 16.5. The first-order valence-electron chi connectivity index (χ1n) is 6.78. The molecule has 0 saturated carbocycles. The Kier molecular flexibility index (Phi) is 2.87. The number of benzene rings is 2. The molecule has 0 aliphatic carbocycles. The van der Waals surface area contributed by atoms with Crippen LogP contribution >= 0.6 is 0 Å². The van der Waals surface area contributed by atoms with Crippen LogP contribution in [0.2, 0.25) is 0 Å². The molecular weight excluding hydrogens is 250 g/mol. The lowest BCUT2D eigenvalue weighted by molar-refractivity contribution is -0.359. The van der Waals surface area contributed by atoms with Crippen LogP contribution in [0.3, 0.4) is 0 Å². The smallest absolute Gasteiger partial charge is 0.237 e. The van der Waals surface area contributed by atoms with Gasteiger partial charge in [-0.05, 0) is 24.1 Å². The molecule has 0 saturated heterocycles. The predicted molar refractivity (Wildman–Crippen MR) is 79.0 cm³/mol. The van der Waals surface area contributed by atoms with E-state index in [1.807, 2.05) is 62.4 Å². The minimum absolute atomic E-state index is 0.0993. The first-order chi connectivity index (χ1) is 9.56. The van der Waals surface area contributed by atoms with Gasteiger partial charge in [0.25, 0.3) is 0 Å². The van der Waals surface area contributed by atoms with E-state index >= 15 is 0 Å². The van der Waals surface area contributed by atoms with Gasteiger partial charge in [0, 0.05) is 11.6 Å². The molecule has 1 aliphatic rings. The lowest BCUT2D eigenvalue weighted by Crippen LogP contribution is -2.40. The van der Waals surface area contributed by atoms with Crippen molar-refractivity contribution in [1.82, 2.24) is 0 Å². The van der Waals surface area contributed by atoms with E-state index in [1.54, 1.807) is 6.07 Å². The predicted octanol–water partition coefficient (Wildman–Crippen LogP) is 3.17. The van der Waals surface area contributed by atoms with Crippen molar-refractivity contribution in [1.29, 1.82) is 0 Å². The molecule has 1 N–H and O–H groups in total. The molecule has 3 heteroatoms. The van der Waals surface area contributed by atoms with E-state index in [2.05, 4.69) is 0 Å². The number of hydrogen-bond acceptors (Lipinski definition) is 2. The van der Waals surface area contributed by atoms with Crippen molar-refractivity contribution < 1.29 is 9.85 Å². The lowest BCUT2D eigenvalue weighted by atomic mass is 9.78. The molecule has 0 spiro atoms. The molecule has 3 nitrogen and oxygen atoms in total. The van der Waals surface area contributed by atoms with Gasteiger partial charge in [0.1, 0.15) is 0 Å². The number of aliphatic hydroxyl groups is 1. The zero-order valence-corrected chi connectivity index (χ0v) is 11.6. The molecule has 0 fully saturated rings. The molecule has 0 bridgehead atoms. The van der Waals surface area contributed by atoms with Crippen LogP contribution in [0.5, 0.6) is 0 Å². The highest BCUT2D eigenvalue weighted by molar-refractivity contribution is 6.06. The van der Waals surface area contributed by atoms with E-state index in [4.69, 9.17) is 0 Å². The van der Waals surface area contributed by atoms with Gasteiger partial charge in [-0.2, -0.15) is 4.74 Å². The van der Waals surface area contributed by atoms with Crippen molar-refractivity contribution in [3.05, 3.63) is 70.9 Å². The molecule has 1 unspecified atom stereocenters. The molecule has 0 radical (unpaired) electrons. The van der Waals surface area contributed by atoms with Crippen LogP contribution in [0.15, 0.2) is 54.6 Å². The maximum atomic E-state index is 12.6. The Bertz CT molecular complexity index is 676. The van der Waals surface area contributed by atoms with Crippen LogP contribution in [0, 0.1) is 11.1 Å². The molecule has 2 aromatic carbocycles. The molecule has 20 heavy (non-hydrogen) atoms. The Morgan fingerprint density at radius 3 is 2.25 bits per heavy atom. The van der Waals surface area contributed by atoms with Crippen LogP contribution in [0.4, 0.5) is 5.69 Å². The summed E-state index contributed by atoms with van der Waals surface area (Å²) in [5.74, 6) is -0.0993. The fraction of sp³-hybridized carbons (Fsp3) is 0.235. The number of rotatable bonds is 2. The van der Waals surface area contributed by atoms with Gasteiger partial charge < -0.3 is 10.3 Å². The van der Waals surface area contributed by atoms with Crippen molar-refractivity contribution in [2.24, 2.45) is 5.92 Å². The average molecular weight is 267 g/mol. The van der Waals surface area contributed by atoms with Gasteiger partial charge in [-0.3, -0.25) is 0 Å². The molecule has 2 aromatic rings. The SMILES string of the molecule is CC(C)C1(O)C(c2ccccc2)=[N+]([O-])c2ccccc21. The summed E-state index contributed by atoms with van der Waals surface area (Å²) in [5.41, 5.74) is 1.13. The fourth-order valence-corrected chi connectivity index (χ4v) is 2.89. The number of fused-ring (bicyclic) bond motifs is 1. The van der Waals surface area contributed by atoms with Gasteiger partial charge in [-0.25, -0.2) is 0 Å². The lowest BCUT2D eigenvalue weighted by Gasteiger charge is -2.26. The van der Waals surface area contributed by atoms with Gasteiger partial charge in [0.05, 0.1) is 5.56 Å². The molecule has 1 aliphatic heterocycles. The third-order valence-corrected chi connectivity index (χ3v) is 3.98. The summed E-state index contributed by atoms with van der Waals surface area (Å²) in [5, 5.41) is 23.9. The Hall–Kier alpha value is -2.13. The zero-order valence-electron chi connectivity index (χ0n) is 11.6. The van der Waals surface area contributed by atoms with Gasteiger partial charge in [-0.1, -0.05) is 44.2 Å². The Balaban J connectivity index is 2.31. The number of hydrogen-bond donors (Lipinski definition) is 1. The third-order valence-electron chi connectivity index (χ3n) is 3.98. The minimum Gasteiger partial charge on any atom is -0.618 e. The van der Waals surface area contributed by atoms with Crippen molar-refractivity contribution >= 4 is 11.4 Å². The largest absolute Gasteiger partial charge is 0.618 e. The summed E-state index contributed by atoms with van der Waals surface area (Å²) in [7, 11) is 0. The van der Waals surface area contributed by atoms with E-state index in [0.717, 1.165) is 10.3 Å². The summed E-state index contributed by atoms with van der Waals surface area (Å²) in [6, 6.07) is 16.6. The van der Waals surface area contributed by atoms with Gasteiger partial charge >= 0.3 is 0 Å². The normalized spacial score (nSPS) is 21.4. The first-order valence-corrected chi connectivity index (χ1v) is 6.78. The maximum Gasteiger partial charge on any atom is 0.237 e. The minimum atomic E-state index is -1.25. The van der Waals surface area contributed by atoms with Crippen LogP contribution in [0.25, 0.3) is 0 Å². The third kappa shape index (κ3) is 1.60. The second kappa shape index (κ2) is 4.46. The zero-order chi connectivity index (χ0) is 14.3. The second-order valence-electron chi connectivity index (χ2n) is 5.45. The molecular formula is C17H17NO2. The van der Waals surface area contributed by atoms with E-state index in [9.17, 15) is 10.3 Å². The Morgan fingerprint density at radius 2 is 1.60 bits per heavy atom. The van der Waals surface area contributed by atoms with E-state index in [-0.39, 0.29) is 5.92 Å². The molecule has 0 amide bonds. The maximum absolute atomic E-state index is 12.6. The Labute approximate surface area is 118 Å². The van der Waals surface area contributed by atoms with Crippen LogP contribution in [-0.2, 0) is 5.60 Å². The summed E-state index contributed by atoms with van der Waals surface area (Å²) >= 11 is 0. The van der Waals surface area contributed by atoms with Gasteiger partial charge in [0.2, 0.25) is 11.4 Å².